The van der Waals surface area contributed by atoms with Gasteiger partial charge in [0.1, 0.15) is 11.8 Å². The lowest BCUT2D eigenvalue weighted by Crippen LogP contribution is -1.80. The largest absolute Gasteiger partial charge is 0.399 e. The van der Waals surface area contributed by atoms with Gasteiger partial charge in [0.2, 0.25) is 0 Å². The fourth-order valence-corrected chi connectivity index (χ4v) is 2.36. The van der Waals surface area contributed by atoms with E-state index in [0.717, 1.165) is 5.56 Å². The Morgan fingerprint density at radius 2 is 1.36 bits per heavy atom. The maximum absolute atomic E-state index is 9.19. The monoisotopic (exact) mass is 365 g/mol. The van der Waals surface area contributed by atoms with Crippen molar-refractivity contribution in [3.05, 3.63) is 77.4 Å². The molecule has 0 aliphatic rings. The van der Waals surface area contributed by atoms with Crippen LogP contribution < -0.4 is 5.73 Å². The van der Waals surface area contributed by atoms with E-state index in [4.69, 9.17) is 11.0 Å². The van der Waals surface area contributed by atoms with E-state index >= 15 is 0 Å². The highest BCUT2D eigenvalue weighted by Crippen LogP contribution is 2.28. The van der Waals surface area contributed by atoms with Crippen molar-refractivity contribution in [3.63, 3.8) is 0 Å². The van der Waals surface area contributed by atoms with Gasteiger partial charge in [0.05, 0.1) is 34.3 Å². The molecule has 0 spiro atoms. The van der Waals surface area contributed by atoms with Crippen LogP contribution in [0.15, 0.2) is 81.1 Å². The molecule has 0 saturated carbocycles. The Kier molecular flexibility index (Phi) is 5.49. The van der Waals surface area contributed by atoms with Gasteiger partial charge in [0.15, 0.2) is 0 Å². The smallest absolute Gasteiger partial charge is 0.104 e. The first-order valence-corrected chi connectivity index (χ1v) is 8.33. The molecule has 0 amide bonds. The Morgan fingerprint density at radius 3 is 2.04 bits per heavy atom. The summed E-state index contributed by atoms with van der Waals surface area (Å²) in [5, 5.41) is 34.8. The molecule has 0 heterocycles. The van der Waals surface area contributed by atoms with Crippen molar-refractivity contribution in [1.82, 2.24) is 0 Å². The first kappa shape index (κ1) is 18.4. The van der Waals surface area contributed by atoms with Crippen LogP contribution in [0.1, 0.15) is 16.7 Å². The van der Waals surface area contributed by atoms with Crippen LogP contribution in [0.4, 0.5) is 28.4 Å². The zero-order chi connectivity index (χ0) is 19.9. The molecule has 3 aromatic rings. The summed E-state index contributed by atoms with van der Waals surface area (Å²) in [5.74, 6) is 0. The van der Waals surface area contributed by atoms with Crippen molar-refractivity contribution in [2.24, 2.45) is 20.5 Å². The number of azo groups is 2. The van der Waals surface area contributed by atoms with Crippen molar-refractivity contribution in [1.29, 1.82) is 10.5 Å². The van der Waals surface area contributed by atoms with Crippen molar-refractivity contribution >= 4 is 28.4 Å². The van der Waals surface area contributed by atoms with Crippen LogP contribution in [0.5, 0.6) is 0 Å². The first-order chi connectivity index (χ1) is 13.6. The summed E-state index contributed by atoms with van der Waals surface area (Å²) in [6.07, 6.45) is 0. The summed E-state index contributed by atoms with van der Waals surface area (Å²) in [4.78, 5) is 0. The fourth-order valence-electron chi connectivity index (χ4n) is 2.36. The summed E-state index contributed by atoms with van der Waals surface area (Å²) in [7, 11) is 0. The van der Waals surface area contributed by atoms with E-state index in [1.54, 1.807) is 48.5 Å². The summed E-state index contributed by atoms with van der Waals surface area (Å²) >= 11 is 0. The van der Waals surface area contributed by atoms with Crippen molar-refractivity contribution in [2.75, 3.05) is 5.73 Å². The molecule has 3 aromatic carbocycles. The van der Waals surface area contributed by atoms with Gasteiger partial charge in [-0.2, -0.15) is 25.9 Å². The molecule has 28 heavy (non-hydrogen) atoms. The van der Waals surface area contributed by atoms with Crippen LogP contribution in [0.25, 0.3) is 0 Å². The van der Waals surface area contributed by atoms with Crippen LogP contribution in [0.2, 0.25) is 0 Å². The Morgan fingerprint density at radius 1 is 0.714 bits per heavy atom. The number of rotatable bonds is 4. The number of anilines is 1. The minimum atomic E-state index is 0.299. The van der Waals surface area contributed by atoms with Crippen molar-refractivity contribution < 1.29 is 0 Å². The second kappa shape index (κ2) is 8.35. The maximum Gasteiger partial charge on any atom is 0.104 e. The Hall–Kier alpha value is -4.36. The maximum atomic E-state index is 9.19. The summed E-state index contributed by atoms with van der Waals surface area (Å²) in [5.41, 5.74) is 10.4. The zero-order valence-electron chi connectivity index (χ0n) is 15.0. The number of nitriles is 2. The highest BCUT2D eigenvalue weighted by molar-refractivity contribution is 5.58. The molecule has 0 aromatic heterocycles. The number of benzene rings is 3. The molecule has 0 saturated heterocycles. The highest BCUT2D eigenvalue weighted by Gasteiger charge is 2.04. The van der Waals surface area contributed by atoms with Gasteiger partial charge >= 0.3 is 0 Å². The first-order valence-electron chi connectivity index (χ1n) is 8.33. The number of hydrogen-bond donors (Lipinski definition) is 1. The third-order valence-corrected chi connectivity index (χ3v) is 3.87. The molecule has 3 rings (SSSR count). The van der Waals surface area contributed by atoms with Gasteiger partial charge in [-0.15, -0.1) is 5.11 Å². The normalized spacial score (nSPS) is 10.8. The second-order valence-corrected chi connectivity index (χ2v) is 5.92. The molecule has 0 aliphatic heterocycles. The van der Waals surface area contributed by atoms with Gasteiger partial charge < -0.3 is 5.73 Å². The van der Waals surface area contributed by atoms with Crippen LogP contribution >= 0.6 is 0 Å². The van der Waals surface area contributed by atoms with Gasteiger partial charge in [-0.25, -0.2) is 0 Å². The van der Waals surface area contributed by atoms with E-state index in [-0.39, 0.29) is 0 Å². The minimum absolute atomic E-state index is 0.299. The number of hydrogen-bond acceptors (Lipinski definition) is 7. The molecule has 0 fully saturated rings. The van der Waals surface area contributed by atoms with Crippen LogP contribution in [-0.2, 0) is 0 Å². The number of aryl methyl sites for hydroxylation is 1. The lowest BCUT2D eigenvalue weighted by molar-refractivity contribution is 1.19. The van der Waals surface area contributed by atoms with Gasteiger partial charge in [-0.05, 0) is 73.2 Å². The molecule has 0 unspecified atom stereocenters. The fraction of sp³-hybridized carbons (Fsp3) is 0.0476. The van der Waals surface area contributed by atoms with Crippen molar-refractivity contribution in [3.8, 4) is 12.1 Å². The Bertz CT molecular complexity index is 1150. The standard InChI is InChI=1S/C21H15N7/c1-14-10-19(26-28-21-8-2-15(12-22)11-16(21)13-23)7-9-20(14)27-25-18-5-3-17(24)4-6-18/h2-11H,24H2,1H3. The molecular formula is C21H15N7. The van der Waals surface area contributed by atoms with E-state index in [2.05, 4.69) is 20.5 Å². The third kappa shape index (κ3) is 4.43. The second-order valence-electron chi connectivity index (χ2n) is 5.92. The third-order valence-electron chi connectivity index (χ3n) is 3.87. The molecule has 0 atom stereocenters. The molecular weight excluding hydrogens is 350 g/mol. The lowest BCUT2D eigenvalue weighted by atomic mass is 10.1. The highest BCUT2D eigenvalue weighted by atomic mass is 15.1. The van der Waals surface area contributed by atoms with Crippen molar-refractivity contribution in [2.45, 2.75) is 6.92 Å². The molecule has 134 valence electrons. The number of nitrogen functional groups attached to an aromatic ring is 1. The van der Waals surface area contributed by atoms with Gasteiger partial charge in [0.25, 0.3) is 0 Å². The molecule has 2 N–H and O–H groups in total. The Labute approximate surface area is 162 Å². The predicted molar refractivity (Wildman–Crippen MR) is 106 cm³/mol. The zero-order valence-corrected chi connectivity index (χ0v) is 15.0. The molecule has 0 aliphatic carbocycles. The van der Waals surface area contributed by atoms with Crippen LogP contribution in [0, 0.1) is 29.6 Å². The van der Waals surface area contributed by atoms with E-state index in [1.165, 1.54) is 6.07 Å². The molecule has 7 heteroatoms. The van der Waals surface area contributed by atoms with E-state index in [0.29, 0.717) is 39.6 Å². The SMILES string of the molecule is Cc1cc(N=Nc2ccc(C#N)cc2C#N)ccc1N=Nc1ccc(N)cc1. The average molecular weight is 365 g/mol. The van der Waals surface area contributed by atoms with Crippen LogP contribution in [0.3, 0.4) is 0 Å². The quantitative estimate of drug-likeness (QED) is 0.440. The molecule has 0 radical (unpaired) electrons. The molecule has 0 bridgehead atoms. The Balaban J connectivity index is 1.79. The molecule has 7 nitrogen and oxygen atoms in total. The van der Waals surface area contributed by atoms with Gasteiger partial charge in [-0.1, -0.05) is 0 Å². The number of nitrogens with zero attached hydrogens (tertiary/aromatic N) is 6. The van der Waals surface area contributed by atoms with Crippen LogP contribution in [-0.4, -0.2) is 0 Å². The number of nitrogens with two attached hydrogens (primary N) is 1. The predicted octanol–water partition coefficient (Wildman–Crippen LogP) is 6.15. The van der Waals surface area contributed by atoms with Gasteiger partial charge in [0, 0.05) is 5.69 Å². The minimum Gasteiger partial charge on any atom is -0.399 e. The van der Waals surface area contributed by atoms with E-state index < -0.39 is 0 Å². The summed E-state index contributed by atoms with van der Waals surface area (Å²) in [6.45, 7) is 1.90. The van der Waals surface area contributed by atoms with Gasteiger partial charge in [-0.3, -0.25) is 0 Å². The van der Waals surface area contributed by atoms with E-state index in [9.17, 15) is 5.26 Å². The summed E-state index contributed by atoms with van der Waals surface area (Å²) in [6, 6.07) is 21.2. The summed E-state index contributed by atoms with van der Waals surface area (Å²) < 4.78 is 0. The average Bonchev–Trinajstić information content (AvgIpc) is 2.72. The lowest BCUT2D eigenvalue weighted by Gasteiger charge is -2.01. The van der Waals surface area contributed by atoms with E-state index in [1.807, 2.05) is 25.1 Å². The topological polar surface area (TPSA) is 123 Å².